The third-order valence-corrected chi connectivity index (χ3v) is 7.15. The maximum absolute atomic E-state index is 4.85. The van der Waals surface area contributed by atoms with Gasteiger partial charge in [0, 0.05) is 28.9 Å². The standard InChI is InChI=1S/C36H30N2/c1-36(2,3)30-19-21-37-34(24-30)29-15-8-13-27(23-29)31-17-18-32(35-33(31)16-9-20-38-35)28-14-7-12-26(22-28)25-10-5-4-6-11-25/h4-24H,1-3H3. The SMILES string of the molecule is CC(C)(C)c1ccnc(-c2cccc(-c3ccc(-c4cccc(-c5ccccc5)c4)c4ncccc34)c2)c1. The Morgan fingerprint density at radius 3 is 1.92 bits per heavy atom. The van der Waals surface area contributed by atoms with Crippen molar-refractivity contribution in [3.63, 3.8) is 0 Å². The summed E-state index contributed by atoms with van der Waals surface area (Å²) in [6, 6.07) is 40.9. The van der Waals surface area contributed by atoms with E-state index in [2.05, 4.69) is 130 Å². The Kier molecular flexibility index (Phi) is 6.09. The lowest BCUT2D eigenvalue weighted by atomic mass is 9.86. The van der Waals surface area contributed by atoms with E-state index in [-0.39, 0.29) is 5.41 Å². The summed E-state index contributed by atoms with van der Waals surface area (Å²) >= 11 is 0. The molecule has 38 heavy (non-hydrogen) atoms. The molecule has 0 aliphatic carbocycles. The predicted octanol–water partition coefficient (Wildman–Crippen LogP) is 9.60. The second-order valence-corrected chi connectivity index (χ2v) is 10.8. The van der Waals surface area contributed by atoms with Gasteiger partial charge in [-0.05, 0) is 69.1 Å². The first-order valence-electron chi connectivity index (χ1n) is 13.1. The van der Waals surface area contributed by atoms with Crippen LogP contribution in [0.4, 0.5) is 0 Å². The van der Waals surface area contributed by atoms with Gasteiger partial charge in [0.2, 0.25) is 0 Å². The van der Waals surface area contributed by atoms with Gasteiger partial charge in [-0.2, -0.15) is 0 Å². The van der Waals surface area contributed by atoms with E-state index in [1.807, 2.05) is 18.5 Å². The second-order valence-electron chi connectivity index (χ2n) is 10.8. The molecular formula is C36H30N2. The van der Waals surface area contributed by atoms with Crippen molar-refractivity contribution in [2.24, 2.45) is 0 Å². The summed E-state index contributed by atoms with van der Waals surface area (Å²) < 4.78 is 0. The molecule has 0 bridgehead atoms. The molecule has 0 radical (unpaired) electrons. The number of rotatable bonds is 4. The Bertz CT molecular complexity index is 1740. The van der Waals surface area contributed by atoms with E-state index in [1.54, 1.807) is 0 Å². The van der Waals surface area contributed by atoms with E-state index in [0.717, 1.165) is 33.3 Å². The molecule has 2 heterocycles. The van der Waals surface area contributed by atoms with Crippen LogP contribution in [0, 0.1) is 0 Å². The molecule has 0 unspecified atom stereocenters. The fourth-order valence-corrected chi connectivity index (χ4v) is 5.06. The van der Waals surface area contributed by atoms with Gasteiger partial charge in [-0.3, -0.25) is 9.97 Å². The number of aromatic nitrogens is 2. The van der Waals surface area contributed by atoms with Crippen LogP contribution >= 0.6 is 0 Å². The average Bonchev–Trinajstić information content (AvgIpc) is 2.97. The normalized spacial score (nSPS) is 11.6. The van der Waals surface area contributed by atoms with Crippen LogP contribution in [0.25, 0.3) is 55.5 Å². The Labute approximate surface area is 224 Å². The fraction of sp³-hybridized carbons (Fsp3) is 0.111. The average molecular weight is 491 g/mol. The van der Waals surface area contributed by atoms with Crippen LogP contribution in [-0.4, -0.2) is 9.97 Å². The molecule has 2 heteroatoms. The van der Waals surface area contributed by atoms with E-state index in [1.165, 1.54) is 27.8 Å². The molecular weight excluding hydrogens is 460 g/mol. The van der Waals surface area contributed by atoms with Crippen molar-refractivity contribution in [1.82, 2.24) is 9.97 Å². The highest BCUT2D eigenvalue weighted by Crippen LogP contribution is 2.37. The molecule has 2 aromatic heterocycles. The maximum Gasteiger partial charge on any atom is 0.0786 e. The van der Waals surface area contributed by atoms with Gasteiger partial charge in [0.15, 0.2) is 0 Å². The molecule has 0 saturated carbocycles. The Morgan fingerprint density at radius 2 is 1.13 bits per heavy atom. The molecule has 0 spiro atoms. The molecule has 0 fully saturated rings. The highest BCUT2D eigenvalue weighted by atomic mass is 14.7. The van der Waals surface area contributed by atoms with E-state index < -0.39 is 0 Å². The lowest BCUT2D eigenvalue weighted by Gasteiger charge is -2.19. The minimum absolute atomic E-state index is 0.0742. The minimum atomic E-state index is 0.0742. The topological polar surface area (TPSA) is 25.8 Å². The number of pyridine rings is 2. The molecule has 4 aromatic carbocycles. The predicted molar refractivity (Wildman–Crippen MR) is 160 cm³/mol. The number of benzene rings is 4. The third kappa shape index (κ3) is 4.62. The molecule has 0 aliphatic rings. The van der Waals surface area contributed by atoms with Gasteiger partial charge in [-0.1, -0.05) is 106 Å². The second kappa shape index (κ2) is 9.72. The summed E-state index contributed by atoms with van der Waals surface area (Å²) in [6.45, 7) is 6.70. The largest absolute Gasteiger partial charge is 0.256 e. The first-order chi connectivity index (χ1) is 18.5. The lowest BCUT2D eigenvalue weighted by molar-refractivity contribution is 0.589. The van der Waals surface area contributed by atoms with E-state index in [9.17, 15) is 0 Å². The van der Waals surface area contributed by atoms with Gasteiger partial charge < -0.3 is 0 Å². The zero-order valence-electron chi connectivity index (χ0n) is 22.0. The van der Waals surface area contributed by atoms with Crippen molar-refractivity contribution >= 4 is 10.9 Å². The van der Waals surface area contributed by atoms with Crippen molar-refractivity contribution in [2.75, 3.05) is 0 Å². The summed E-state index contributed by atoms with van der Waals surface area (Å²) in [7, 11) is 0. The highest BCUT2D eigenvalue weighted by molar-refractivity contribution is 6.03. The van der Waals surface area contributed by atoms with Crippen molar-refractivity contribution in [3.05, 3.63) is 133 Å². The summed E-state index contributed by atoms with van der Waals surface area (Å²) in [6.07, 6.45) is 3.80. The van der Waals surface area contributed by atoms with Crippen LogP contribution in [0.3, 0.4) is 0 Å². The third-order valence-electron chi connectivity index (χ3n) is 7.15. The lowest BCUT2D eigenvalue weighted by Crippen LogP contribution is -2.11. The van der Waals surface area contributed by atoms with Crippen LogP contribution in [0.5, 0.6) is 0 Å². The summed E-state index contributed by atoms with van der Waals surface area (Å²) in [5.74, 6) is 0. The quantitative estimate of drug-likeness (QED) is 0.246. The van der Waals surface area contributed by atoms with Gasteiger partial charge in [-0.25, -0.2) is 0 Å². The molecule has 184 valence electrons. The Balaban J connectivity index is 1.45. The number of hydrogen-bond acceptors (Lipinski definition) is 2. The fourth-order valence-electron chi connectivity index (χ4n) is 5.06. The van der Waals surface area contributed by atoms with E-state index in [0.29, 0.717) is 0 Å². The molecule has 2 nitrogen and oxygen atoms in total. The number of fused-ring (bicyclic) bond motifs is 1. The van der Waals surface area contributed by atoms with Gasteiger partial charge in [0.1, 0.15) is 0 Å². The highest BCUT2D eigenvalue weighted by Gasteiger charge is 2.16. The van der Waals surface area contributed by atoms with Gasteiger partial charge in [-0.15, -0.1) is 0 Å². The zero-order valence-corrected chi connectivity index (χ0v) is 22.0. The summed E-state index contributed by atoms with van der Waals surface area (Å²) in [5.41, 5.74) is 11.5. The molecule has 0 amide bonds. The molecule has 6 rings (SSSR count). The van der Waals surface area contributed by atoms with E-state index in [4.69, 9.17) is 9.97 Å². The first-order valence-corrected chi connectivity index (χ1v) is 13.1. The van der Waals surface area contributed by atoms with Crippen molar-refractivity contribution in [1.29, 1.82) is 0 Å². The smallest absolute Gasteiger partial charge is 0.0786 e. The monoisotopic (exact) mass is 490 g/mol. The van der Waals surface area contributed by atoms with Crippen molar-refractivity contribution < 1.29 is 0 Å². The summed E-state index contributed by atoms with van der Waals surface area (Å²) in [5, 5.41) is 1.14. The van der Waals surface area contributed by atoms with Gasteiger partial charge >= 0.3 is 0 Å². The van der Waals surface area contributed by atoms with Crippen LogP contribution in [0.15, 0.2) is 128 Å². The zero-order chi connectivity index (χ0) is 26.1. The van der Waals surface area contributed by atoms with Crippen LogP contribution in [0.1, 0.15) is 26.3 Å². The van der Waals surface area contributed by atoms with Crippen LogP contribution < -0.4 is 0 Å². The molecule has 0 saturated heterocycles. The Hall–Kier alpha value is -4.56. The molecule has 6 aromatic rings. The molecule has 0 aliphatic heterocycles. The van der Waals surface area contributed by atoms with E-state index >= 15 is 0 Å². The van der Waals surface area contributed by atoms with Crippen LogP contribution in [0.2, 0.25) is 0 Å². The number of hydrogen-bond donors (Lipinski definition) is 0. The minimum Gasteiger partial charge on any atom is -0.256 e. The molecule has 0 atom stereocenters. The maximum atomic E-state index is 4.85. The van der Waals surface area contributed by atoms with Gasteiger partial charge in [0.05, 0.1) is 11.2 Å². The van der Waals surface area contributed by atoms with Crippen molar-refractivity contribution in [3.8, 4) is 44.6 Å². The summed E-state index contributed by atoms with van der Waals surface area (Å²) in [4.78, 5) is 9.55. The molecule has 0 N–H and O–H groups in total. The number of nitrogens with zero attached hydrogens (tertiary/aromatic N) is 2. The van der Waals surface area contributed by atoms with Gasteiger partial charge in [0.25, 0.3) is 0 Å². The van der Waals surface area contributed by atoms with Crippen LogP contribution in [-0.2, 0) is 5.41 Å². The van der Waals surface area contributed by atoms with Crippen molar-refractivity contribution in [2.45, 2.75) is 26.2 Å². The Morgan fingerprint density at radius 1 is 0.474 bits per heavy atom. The first kappa shape index (κ1) is 23.8.